The number of amides is 3. The molecule has 0 aromatic rings. The van der Waals surface area contributed by atoms with Gasteiger partial charge in [-0.1, -0.05) is 13.8 Å². The fourth-order valence-electron chi connectivity index (χ4n) is 3.11. The van der Waals surface area contributed by atoms with Crippen LogP contribution in [0.25, 0.3) is 0 Å². The monoisotopic (exact) mass is 503 g/mol. The van der Waals surface area contributed by atoms with E-state index in [0.717, 1.165) is 0 Å². The Labute approximate surface area is 203 Å². The topological polar surface area (TPSA) is 251 Å². The van der Waals surface area contributed by atoms with Crippen LogP contribution in [0.4, 0.5) is 0 Å². The minimum Gasteiger partial charge on any atom is -0.481 e. The lowest BCUT2D eigenvalue weighted by Crippen LogP contribution is -2.57. The van der Waals surface area contributed by atoms with Crippen LogP contribution in [0.5, 0.6) is 0 Å². The molecule has 10 N–H and O–H groups in total. The van der Waals surface area contributed by atoms with E-state index in [0.29, 0.717) is 25.8 Å². The number of nitrogens with one attached hydrogen (secondary N) is 3. The van der Waals surface area contributed by atoms with Crippen LogP contribution in [0.1, 0.15) is 58.8 Å². The average Bonchev–Trinajstić information content (AvgIpc) is 2.74. The third kappa shape index (κ3) is 13.9. The molecule has 0 bridgehead atoms. The van der Waals surface area contributed by atoms with E-state index in [-0.39, 0.29) is 12.3 Å². The summed E-state index contributed by atoms with van der Waals surface area (Å²) in [6.45, 7) is 4.09. The number of carbonyl (C=O) groups is 6. The Bertz CT molecular complexity index is 759. The highest BCUT2D eigenvalue weighted by Crippen LogP contribution is 2.08. The zero-order chi connectivity index (χ0) is 27.1. The molecule has 0 aliphatic heterocycles. The summed E-state index contributed by atoms with van der Waals surface area (Å²) in [5.41, 5.74) is 11.4. The third-order valence-electron chi connectivity index (χ3n) is 4.92. The molecule has 0 spiro atoms. The lowest BCUT2D eigenvalue weighted by atomic mass is 10.0. The van der Waals surface area contributed by atoms with E-state index in [1.165, 1.54) is 0 Å². The number of carboxylic acid groups (broad SMARTS) is 3. The van der Waals surface area contributed by atoms with E-state index in [1.807, 2.05) is 19.2 Å². The number of carbonyl (C=O) groups excluding carboxylic acids is 3. The highest BCUT2D eigenvalue weighted by Gasteiger charge is 2.31. The minimum absolute atomic E-state index is 0.123. The van der Waals surface area contributed by atoms with Crippen LogP contribution < -0.4 is 27.4 Å². The average molecular weight is 504 g/mol. The standard InChI is InChI=1S/C21H37N5O9/c1-11(2)9-12(23)18(31)24-13(5-3-4-8-22)19(32)25-14(6-7-16(27)28)20(33)26-15(21(34)35)10-17(29)30/h11-15H,3-10,22-23H2,1-2H3,(H,24,31)(H,25,32)(H,26,33)(H,27,28)(H,29,30)(H,34,35). The predicted octanol–water partition coefficient (Wildman–Crippen LogP) is -1.63. The van der Waals surface area contributed by atoms with Gasteiger partial charge in [-0.25, -0.2) is 4.79 Å². The molecule has 4 unspecified atom stereocenters. The second kappa shape index (κ2) is 16.4. The van der Waals surface area contributed by atoms with Crippen LogP contribution in [-0.4, -0.2) is 81.7 Å². The summed E-state index contributed by atoms with van der Waals surface area (Å²) in [6, 6.07) is -5.27. The molecule has 14 heteroatoms. The fourth-order valence-corrected chi connectivity index (χ4v) is 3.11. The van der Waals surface area contributed by atoms with Gasteiger partial charge in [0.05, 0.1) is 12.5 Å². The van der Waals surface area contributed by atoms with Gasteiger partial charge in [-0.2, -0.15) is 0 Å². The van der Waals surface area contributed by atoms with E-state index < -0.39 is 79.1 Å². The highest BCUT2D eigenvalue weighted by atomic mass is 16.4. The first kappa shape index (κ1) is 31.7. The molecule has 0 aromatic heterocycles. The van der Waals surface area contributed by atoms with Gasteiger partial charge in [-0.3, -0.25) is 24.0 Å². The number of hydrogen-bond donors (Lipinski definition) is 8. The molecule has 4 atom stereocenters. The van der Waals surface area contributed by atoms with E-state index in [2.05, 4.69) is 10.6 Å². The number of aliphatic carboxylic acids is 3. The Morgan fingerprint density at radius 1 is 0.743 bits per heavy atom. The molecular formula is C21H37N5O9. The van der Waals surface area contributed by atoms with Gasteiger partial charge in [-0.15, -0.1) is 0 Å². The highest BCUT2D eigenvalue weighted by molar-refractivity contribution is 5.94. The van der Waals surface area contributed by atoms with Crippen LogP contribution in [0.2, 0.25) is 0 Å². The number of hydrogen-bond acceptors (Lipinski definition) is 8. The van der Waals surface area contributed by atoms with Crippen molar-refractivity contribution in [2.24, 2.45) is 17.4 Å². The SMILES string of the molecule is CC(C)CC(N)C(=O)NC(CCCCN)C(=O)NC(CCC(=O)O)C(=O)NC(CC(=O)O)C(=O)O. The summed E-state index contributed by atoms with van der Waals surface area (Å²) in [5, 5.41) is 33.8. The van der Waals surface area contributed by atoms with Crippen molar-refractivity contribution in [1.82, 2.24) is 16.0 Å². The summed E-state index contributed by atoms with van der Waals surface area (Å²) in [7, 11) is 0. The molecule has 200 valence electrons. The molecule has 0 saturated heterocycles. The Morgan fingerprint density at radius 3 is 1.71 bits per heavy atom. The molecule has 35 heavy (non-hydrogen) atoms. The molecule has 0 aromatic carbocycles. The maximum atomic E-state index is 12.9. The normalized spacial score (nSPS) is 14.3. The molecular weight excluding hydrogens is 466 g/mol. The number of nitrogens with two attached hydrogens (primary N) is 2. The first-order valence-corrected chi connectivity index (χ1v) is 11.3. The van der Waals surface area contributed by atoms with Crippen LogP contribution in [-0.2, 0) is 28.8 Å². The predicted molar refractivity (Wildman–Crippen MR) is 123 cm³/mol. The van der Waals surface area contributed by atoms with Crippen molar-refractivity contribution < 1.29 is 44.1 Å². The zero-order valence-electron chi connectivity index (χ0n) is 20.0. The maximum absolute atomic E-state index is 12.9. The number of rotatable bonds is 18. The van der Waals surface area contributed by atoms with Crippen molar-refractivity contribution in [1.29, 1.82) is 0 Å². The van der Waals surface area contributed by atoms with Crippen molar-refractivity contribution in [3.63, 3.8) is 0 Å². The van der Waals surface area contributed by atoms with Crippen molar-refractivity contribution in [2.45, 2.75) is 83.0 Å². The molecule has 0 saturated carbocycles. The van der Waals surface area contributed by atoms with E-state index >= 15 is 0 Å². The van der Waals surface area contributed by atoms with Crippen LogP contribution in [0.15, 0.2) is 0 Å². The molecule has 14 nitrogen and oxygen atoms in total. The van der Waals surface area contributed by atoms with Crippen molar-refractivity contribution >= 4 is 35.6 Å². The molecule has 0 rings (SSSR count). The van der Waals surface area contributed by atoms with Gasteiger partial charge in [0.1, 0.15) is 18.1 Å². The van der Waals surface area contributed by atoms with Crippen molar-refractivity contribution in [3.05, 3.63) is 0 Å². The minimum atomic E-state index is -1.79. The van der Waals surface area contributed by atoms with Crippen LogP contribution in [0, 0.1) is 5.92 Å². The number of carboxylic acids is 3. The van der Waals surface area contributed by atoms with Crippen LogP contribution >= 0.6 is 0 Å². The molecule has 3 amide bonds. The molecule has 0 heterocycles. The summed E-state index contributed by atoms with van der Waals surface area (Å²) < 4.78 is 0. The van der Waals surface area contributed by atoms with E-state index in [9.17, 15) is 28.8 Å². The van der Waals surface area contributed by atoms with Crippen molar-refractivity contribution in [2.75, 3.05) is 6.54 Å². The van der Waals surface area contributed by atoms with Gasteiger partial charge in [0.15, 0.2) is 0 Å². The number of unbranched alkanes of at least 4 members (excludes halogenated alkanes) is 1. The summed E-state index contributed by atoms with van der Waals surface area (Å²) in [6.07, 6.45) is -0.330. The molecule has 0 fully saturated rings. The van der Waals surface area contributed by atoms with Gasteiger partial charge < -0.3 is 42.7 Å². The second-order valence-electron chi connectivity index (χ2n) is 8.57. The summed E-state index contributed by atoms with van der Waals surface area (Å²) in [5.74, 6) is -6.70. The summed E-state index contributed by atoms with van der Waals surface area (Å²) >= 11 is 0. The maximum Gasteiger partial charge on any atom is 0.326 e. The van der Waals surface area contributed by atoms with Gasteiger partial charge >= 0.3 is 17.9 Å². The summed E-state index contributed by atoms with van der Waals surface area (Å²) in [4.78, 5) is 71.2. The van der Waals surface area contributed by atoms with E-state index in [4.69, 9.17) is 26.8 Å². The molecule has 0 aliphatic carbocycles. The van der Waals surface area contributed by atoms with Crippen LogP contribution in [0.3, 0.4) is 0 Å². The molecule has 0 aliphatic rings. The van der Waals surface area contributed by atoms with Gasteiger partial charge in [0.2, 0.25) is 17.7 Å². The Kier molecular flexibility index (Phi) is 14.9. The third-order valence-corrected chi connectivity index (χ3v) is 4.92. The first-order chi connectivity index (χ1) is 16.3. The van der Waals surface area contributed by atoms with Gasteiger partial charge in [0.25, 0.3) is 0 Å². The van der Waals surface area contributed by atoms with Crippen molar-refractivity contribution in [3.8, 4) is 0 Å². The second-order valence-corrected chi connectivity index (χ2v) is 8.57. The Balaban J connectivity index is 5.59. The quantitative estimate of drug-likeness (QED) is 0.0985. The lowest BCUT2D eigenvalue weighted by molar-refractivity contribution is -0.147. The Hall–Kier alpha value is -3.26. The van der Waals surface area contributed by atoms with Gasteiger partial charge in [-0.05, 0) is 44.6 Å². The zero-order valence-corrected chi connectivity index (χ0v) is 20.0. The first-order valence-electron chi connectivity index (χ1n) is 11.3. The lowest BCUT2D eigenvalue weighted by Gasteiger charge is -2.25. The van der Waals surface area contributed by atoms with E-state index in [1.54, 1.807) is 0 Å². The molecule has 0 radical (unpaired) electrons. The van der Waals surface area contributed by atoms with Gasteiger partial charge in [0, 0.05) is 6.42 Å². The fraction of sp³-hybridized carbons (Fsp3) is 0.714. The largest absolute Gasteiger partial charge is 0.481 e. The smallest absolute Gasteiger partial charge is 0.326 e. The Morgan fingerprint density at radius 2 is 1.26 bits per heavy atom.